The Morgan fingerprint density at radius 1 is 0.971 bits per heavy atom. The van der Waals surface area contributed by atoms with Gasteiger partial charge >= 0.3 is 0 Å². The van der Waals surface area contributed by atoms with Crippen molar-refractivity contribution in [3.05, 3.63) is 65.7 Å². The molecule has 34 heavy (non-hydrogen) atoms. The fraction of sp³-hybridized carbons (Fsp3) is 0.464. The third-order valence-electron chi connectivity index (χ3n) is 6.37. The van der Waals surface area contributed by atoms with Crippen molar-refractivity contribution in [2.24, 2.45) is 0 Å². The van der Waals surface area contributed by atoms with Crippen molar-refractivity contribution in [2.45, 2.75) is 64.3 Å². The van der Waals surface area contributed by atoms with E-state index in [0.29, 0.717) is 25.8 Å². The van der Waals surface area contributed by atoms with Gasteiger partial charge in [0.15, 0.2) is 0 Å². The summed E-state index contributed by atoms with van der Waals surface area (Å²) in [5, 5.41) is 5.97. The largest absolute Gasteiger partial charge is 0.369 e. The van der Waals surface area contributed by atoms with Crippen LogP contribution in [0, 0.1) is 0 Å². The highest BCUT2D eigenvalue weighted by molar-refractivity contribution is 5.88. The van der Waals surface area contributed by atoms with Crippen molar-refractivity contribution in [1.82, 2.24) is 10.6 Å². The predicted octanol–water partition coefficient (Wildman–Crippen LogP) is 3.82. The van der Waals surface area contributed by atoms with E-state index >= 15 is 0 Å². The maximum atomic E-state index is 13.0. The zero-order chi connectivity index (χ0) is 24.2. The average molecular weight is 464 g/mol. The van der Waals surface area contributed by atoms with E-state index < -0.39 is 6.04 Å². The van der Waals surface area contributed by atoms with Gasteiger partial charge in [-0.05, 0) is 36.5 Å². The Kier molecular flexibility index (Phi) is 10.1. The maximum absolute atomic E-state index is 13.0. The normalized spacial score (nSPS) is 13.3. The van der Waals surface area contributed by atoms with Crippen LogP contribution in [0.25, 0.3) is 0 Å². The summed E-state index contributed by atoms with van der Waals surface area (Å²) in [4.78, 5) is 39.4. The van der Waals surface area contributed by atoms with Gasteiger partial charge in [0.2, 0.25) is 11.8 Å². The minimum absolute atomic E-state index is 0.140. The van der Waals surface area contributed by atoms with Gasteiger partial charge in [0.05, 0.1) is 6.42 Å². The summed E-state index contributed by atoms with van der Waals surface area (Å²) in [6.45, 7) is 4.12. The zero-order valence-corrected chi connectivity index (χ0v) is 20.2. The Hall–Kier alpha value is -3.15. The summed E-state index contributed by atoms with van der Waals surface area (Å²) in [5.74, 6) is -0.0200. The number of para-hydroxylation sites is 1. The first kappa shape index (κ1) is 25.5. The topological polar surface area (TPSA) is 78.5 Å². The van der Waals surface area contributed by atoms with E-state index in [2.05, 4.69) is 33.7 Å². The number of hydrogen-bond acceptors (Lipinski definition) is 4. The van der Waals surface area contributed by atoms with Gasteiger partial charge in [-0.3, -0.25) is 14.4 Å². The molecule has 0 saturated carbocycles. The van der Waals surface area contributed by atoms with Crippen molar-refractivity contribution in [2.75, 3.05) is 24.5 Å². The number of fused-ring (bicyclic) bond motifs is 1. The van der Waals surface area contributed by atoms with E-state index in [1.54, 1.807) is 0 Å². The molecule has 182 valence electrons. The third kappa shape index (κ3) is 8.01. The van der Waals surface area contributed by atoms with E-state index in [1.165, 1.54) is 11.3 Å². The smallest absolute Gasteiger partial charge is 0.242 e. The molecule has 0 saturated heterocycles. The van der Waals surface area contributed by atoms with Crippen molar-refractivity contribution in [3.8, 4) is 0 Å². The molecule has 0 spiro atoms. The van der Waals surface area contributed by atoms with Crippen molar-refractivity contribution in [3.63, 3.8) is 0 Å². The van der Waals surface area contributed by atoms with Crippen LogP contribution in [0.5, 0.6) is 0 Å². The van der Waals surface area contributed by atoms with Crippen LogP contribution in [0.2, 0.25) is 0 Å². The number of carbonyl (C=O) groups is 3. The molecule has 2 N–H and O–H groups in total. The molecule has 0 aromatic heterocycles. The molecule has 0 bridgehead atoms. The lowest BCUT2D eigenvalue weighted by molar-refractivity contribution is -0.128. The molecule has 0 radical (unpaired) electrons. The van der Waals surface area contributed by atoms with E-state index in [1.807, 2.05) is 43.3 Å². The number of rotatable bonds is 14. The molecule has 1 heterocycles. The molecule has 2 amide bonds. The molecule has 1 aliphatic rings. The summed E-state index contributed by atoms with van der Waals surface area (Å²) in [7, 11) is 0. The van der Waals surface area contributed by atoms with Crippen LogP contribution in [0.1, 0.15) is 56.6 Å². The highest BCUT2D eigenvalue weighted by Crippen LogP contribution is 2.26. The summed E-state index contributed by atoms with van der Waals surface area (Å²) in [5.41, 5.74) is 3.51. The van der Waals surface area contributed by atoms with Crippen LogP contribution >= 0.6 is 0 Å². The SMILES string of the molecule is CCC(=O)CCCCCC(NC(=O)Cc1ccccc1)C(=O)NCCN1CCc2ccccc21. The monoisotopic (exact) mass is 463 g/mol. The number of anilines is 1. The standard InChI is InChI=1S/C28H37N3O3/c1-2-24(32)14-7-4-8-15-25(30-27(33)21-22-11-5-3-6-12-22)28(34)29-18-20-31-19-17-23-13-9-10-16-26(23)31/h3,5-6,9-13,16,25H,2,4,7-8,14-15,17-21H2,1H3,(H,29,34)(H,30,33). The van der Waals surface area contributed by atoms with Gasteiger partial charge in [-0.2, -0.15) is 0 Å². The van der Waals surface area contributed by atoms with E-state index in [9.17, 15) is 14.4 Å². The van der Waals surface area contributed by atoms with Gasteiger partial charge in [-0.15, -0.1) is 0 Å². The molecule has 0 fully saturated rings. The molecule has 6 heteroatoms. The van der Waals surface area contributed by atoms with Crippen molar-refractivity contribution in [1.29, 1.82) is 0 Å². The molecule has 2 aromatic rings. The second-order valence-electron chi connectivity index (χ2n) is 8.93. The average Bonchev–Trinajstić information content (AvgIpc) is 3.26. The Bertz CT molecular complexity index is 945. The van der Waals surface area contributed by atoms with E-state index in [4.69, 9.17) is 0 Å². The van der Waals surface area contributed by atoms with Gasteiger partial charge in [0, 0.05) is 38.2 Å². The number of nitrogens with one attached hydrogen (secondary N) is 2. The third-order valence-corrected chi connectivity index (χ3v) is 6.37. The quantitative estimate of drug-likeness (QED) is 0.418. The molecule has 6 nitrogen and oxygen atoms in total. The molecule has 0 aliphatic carbocycles. The van der Waals surface area contributed by atoms with Crippen molar-refractivity contribution >= 4 is 23.3 Å². The first-order chi connectivity index (χ1) is 16.6. The number of hydrogen-bond donors (Lipinski definition) is 2. The van der Waals surface area contributed by atoms with Gasteiger partial charge < -0.3 is 15.5 Å². The lowest BCUT2D eigenvalue weighted by Gasteiger charge is -2.22. The minimum atomic E-state index is -0.566. The summed E-state index contributed by atoms with van der Waals surface area (Å²) < 4.78 is 0. The Labute approximate surface area is 203 Å². The van der Waals surface area contributed by atoms with E-state index in [0.717, 1.165) is 44.3 Å². The fourth-order valence-electron chi connectivity index (χ4n) is 4.40. The Balaban J connectivity index is 1.49. The van der Waals surface area contributed by atoms with Gasteiger partial charge in [-0.25, -0.2) is 0 Å². The molecular weight excluding hydrogens is 426 g/mol. The number of nitrogens with zero attached hydrogens (tertiary/aromatic N) is 1. The summed E-state index contributed by atoms with van der Waals surface area (Å²) in [6.07, 6.45) is 5.50. The molecular formula is C28H37N3O3. The molecule has 1 unspecified atom stereocenters. The number of unbranched alkanes of at least 4 members (excludes halogenated alkanes) is 2. The number of amides is 2. The molecule has 3 rings (SSSR count). The van der Waals surface area contributed by atoms with Crippen LogP contribution in [0.3, 0.4) is 0 Å². The molecule has 1 atom stereocenters. The summed E-state index contributed by atoms with van der Waals surface area (Å²) in [6, 6.07) is 17.4. The van der Waals surface area contributed by atoms with Crippen LogP contribution in [0.4, 0.5) is 5.69 Å². The number of Topliss-reactive ketones (excluding diaryl/α,β-unsaturated/α-hetero) is 1. The highest BCUT2D eigenvalue weighted by Gasteiger charge is 2.22. The lowest BCUT2D eigenvalue weighted by atomic mass is 10.0. The number of benzene rings is 2. The van der Waals surface area contributed by atoms with Crippen LogP contribution < -0.4 is 15.5 Å². The molecule has 2 aromatic carbocycles. The van der Waals surface area contributed by atoms with Crippen LogP contribution in [0.15, 0.2) is 54.6 Å². The minimum Gasteiger partial charge on any atom is -0.369 e. The first-order valence-electron chi connectivity index (χ1n) is 12.5. The van der Waals surface area contributed by atoms with Crippen LogP contribution in [-0.4, -0.2) is 43.3 Å². The lowest BCUT2D eigenvalue weighted by Crippen LogP contribution is -2.48. The van der Waals surface area contributed by atoms with E-state index in [-0.39, 0.29) is 24.0 Å². The zero-order valence-electron chi connectivity index (χ0n) is 20.2. The summed E-state index contributed by atoms with van der Waals surface area (Å²) >= 11 is 0. The van der Waals surface area contributed by atoms with Crippen molar-refractivity contribution < 1.29 is 14.4 Å². The Morgan fingerprint density at radius 3 is 2.53 bits per heavy atom. The maximum Gasteiger partial charge on any atom is 0.242 e. The van der Waals surface area contributed by atoms with Crippen LogP contribution in [-0.2, 0) is 27.2 Å². The Morgan fingerprint density at radius 2 is 1.74 bits per heavy atom. The highest BCUT2D eigenvalue weighted by atomic mass is 16.2. The molecule has 1 aliphatic heterocycles. The van der Waals surface area contributed by atoms with Gasteiger partial charge in [-0.1, -0.05) is 68.3 Å². The second kappa shape index (κ2) is 13.5. The predicted molar refractivity (Wildman–Crippen MR) is 136 cm³/mol. The fourth-order valence-corrected chi connectivity index (χ4v) is 4.40. The van der Waals surface area contributed by atoms with Gasteiger partial charge in [0.25, 0.3) is 0 Å². The number of carbonyl (C=O) groups excluding carboxylic acids is 3. The van der Waals surface area contributed by atoms with Gasteiger partial charge in [0.1, 0.15) is 11.8 Å². The number of ketones is 1. The first-order valence-corrected chi connectivity index (χ1v) is 12.5. The second-order valence-corrected chi connectivity index (χ2v) is 8.93.